The Hall–Kier alpha value is -2.66. The van der Waals surface area contributed by atoms with Crippen molar-refractivity contribution in [2.75, 3.05) is 10.2 Å². The third-order valence-corrected chi connectivity index (χ3v) is 7.24. The molecule has 4 atom stereocenters. The molecule has 3 aliphatic rings. The zero-order valence-electron chi connectivity index (χ0n) is 16.0. The molecule has 1 heterocycles. The van der Waals surface area contributed by atoms with Crippen LogP contribution in [0, 0.1) is 30.6 Å². The summed E-state index contributed by atoms with van der Waals surface area (Å²) >= 11 is 6.11. The van der Waals surface area contributed by atoms with Gasteiger partial charge in [-0.05, 0) is 80.0 Å². The van der Waals surface area contributed by atoms with Crippen molar-refractivity contribution in [2.45, 2.75) is 26.2 Å². The van der Waals surface area contributed by atoms with Crippen molar-refractivity contribution in [3.05, 3.63) is 58.6 Å². The summed E-state index contributed by atoms with van der Waals surface area (Å²) in [6, 6.07) is 12.0. The number of imide groups is 1. The van der Waals surface area contributed by atoms with E-state index >= 15 is 0 Å². The SMILES string of the molecule is Cc1c(Cl)cccc1NC(=O)c1ccc(N2C(=O)C3C4CCC(C4)C3C2=O)cc1. The van der Waals surface area contributed by atoms with Gasteiger partial charge in [0.15, 0.2) is 0 Å². The lowest BCUT2D eigenvalue weighted by Crippen LogP contribution is -2.32. The molecule has 4 unspecified atom stereocenters. The van der Waals surface area contributed by atoms with E-state index in [2.05, 4.69) is 5.32 Å². The Morgan fingerprint density at radius 2 is 1.62 bits per heavy atom. The first kappa shape index (κ1) is 18.4. The molecule has 6 heteroatoms. The summed E-state index contributed by atoms with van der Waals surface area (Å²) < 4.78 is 0. The molecular weight excluding hydrogens is 388 g/mol. The quantitative estimate of drug-likeness (QED) is 0.763. The van der Waals surface area contributed by atoms with Gasteiger partial charge >= 0.3 is 0 Å². The van der Waals surface area contributed by atoms with Crippen LogP contribution >= 0.6 is 11.6 Å². The summed E-state index contributed by atoms with van der Waals surface area (Å²) in [7, 11) is 0. The molecule has 2 aromatic carbocycles. The van der Waals surface area contributed by atoms with E-state index in [1.165, 1.54) is 4.90 Å². The van der Waals surface area contributed by atoms with Gasteiger partial charge in [0.1, 0.15) is 0 Å². The minimum absolute atomic E-state index is 0.0704. The minimum atomic E-state index is -0.268. The summed E-state index contributed by atoms with van der Waals surface area (Å²) in [5.41, 5.74) is 2.45. The van der Waals surface area contributed by atoms with Crippen LogP contribution in [0.5, 0.6) is 0 Å². The Morgan fingerprint density at radius 1 is 1.00 bits per heavy atom. The minimum Gasteiger partial charge on any atom is -0.322 e. The summed E-state index contributed by atoms with van der Waals surface area (Å²) in [4.78, 5) is 39.8. The first-order valence-corrected chi connectivity index (χ1v) is 10.4. The fraction of sp³-hybridized carbons (Fsp3) is 0.348. The number of rotatable bonds is 3. The van der Waals surface area contributed by atoms with Crippen LogP contribution in [0.25, 0.3) is 0 Å². The highest BCUT2D eigenvalue weighted by Gasteiger charge is 2.61. The van der Waals surface area contributed by atoms with Gasteiger partial charge in [-0.3, -0.25) is 19.3 Å². The van der Waals surface area contributed by atoms with Crippen molar-refractivity contribution < 1.29 is 14.4 Å². The first-order valence-electron chi connectivity index (χ1n) is 10.00. The average molecular weight is 409 g/mol. The molecule has 3 amide bonds. The molecule has 0 aromatic heterocycles. The summed E-state index contributed by atoms with van der Waals surface area (Å²) in [5.74, 6) is 0.0220. The third kappa shape index (κ3) is 2.79. The molecule has 2 bridgehead atoms. The lowest BCUT2D eigenvalue weighted by Gasteiger charge is -2.19. The van der Waals surface area contributed by atoms with Crippen LogP contribution in [0.4, 0.5) is 11.4 Å². The number of fused-ring (bicyclic) bond motifs is 5. The second kappa shape index (κ2) is 6.70. The number of nitrogens with zero attached hydrogens (tertiary/aromatic N) is 1. The Bertz CT molecular complexity index is 1000. The molecule has 5 nitrogen and oxygen atoms in total. The van der Waals surface area contributed by atoms with Crippen molar-refractivity contribution in [3.8, 4) is 0 Å². The molecule has 1 saturated heterocycles. The molecular formula is C23H21ClN2O3. The predicted octanol–water partition coefficient (Wildman–Crippen LogP) is 4.44. The largest absolute Gasteiger partial charge is 0.322 e. The van der Waals surface area contributed by atoms with Gasteiger partial charge in [-0.1, -0.05) is 17.7 Å². The van der Waals surface area contributed by atoms with Crippen molar-refractivity contribution in [1.82, 2.24) is 0 Å². The van der Waals surface area contributed by atoms with Crippen molar-refractivity contribution in [3.63, 3.8) is 0 Å². The van der Waals surface area contributed by atoms with E-state index in [4.69, 9.17) is 11.6 Å². The van der Waals surface area contributed by atoms with E-state index in [-0.39, 0.29) is 29.6 Å². The van der Waals surface area contributed by atoms with Crippen LogP contribution < -0.4 is 10.2 Å². The van der Waals surface area contributed by atoms with Crippen LogP contribution in [-0.4, -0.2) is 17.7 Å². The van der Waals surface area contributed by atoms with Crippen molar-refractivity contribution >= 4 is 40.7 Å². The van der Waals surface area contributed by atoms with Crippen LogP contribution in [0.2, 0.25) is 5.02 Å². The second-order valence-corrected chi connectivity index (χ2v) is 8.72. The number of nitrogens with one attached hydrogen (secondary N) is 1. The topological polar surface area (TPSA) is 66.5 Å². The van der Waals surface area contributed by atoms with Gasteiger partial charge in [0.05, 0.1) is 17.5 Å². The van der Waals surface area contributed by atoms with Gasteiger partial charge in [0.2, 0.25) is 11.8 Å². The Labute approximate surface area is 174 Å². The number of halogens is 1. The van der Waals surface area contributed by atoms with E-state index in [1.54, 1.807) is 42.5 Å². The zero-order chi connectivity index (χ0) is 20.3. The molecule has 148 valence electrons. The zero-order valence-corrected chi connectivity index (χ0v) is 16.8. The molecule has 2 aliphatic carbocycles. The molecule has 0 radical (unpaired) electrons. The van der Waals surface area contributed by atoms with Gasteiger partial charge in [0.25, 0.3) is 5.91 Å². The molecule has 1 aliphatic heterocycles. The standard InChI is InChI=1S/C23H21ClN2O3/c1-12-17(24)3-2-4-18(12)25-21(27)13-7-9-16(10-8-13)26-22(28)19-14-5-6-15(11-14)20(19)23(26)29/h2-4,7-10,14-15,19-20H,5-6,11H2,1H3,(H,25,27). The lowest BCUT2D eigenvalue weighted by molar-refractivity contribution is -0.123. The molecule has 1 N–H and O–H groups in total. The van der Waals surface area contributed by atoms with E-state index in [9.17, 15) is 14.4 Å². The van der Waals surface area contributed by atoms with Gasteiger partial charge in [-0.2, -0.15) is 0 Å². The number of hydrogen-bond donors (Lipinski definition) is 1. The molecule has 2 saturated carbocycles. The Morgan fingerprint density at radius 3 is 2.24 bits per heavy atom. The summed E-state index contributed by atoms with van der Waals surface area (Å²) in [6.07, 6.45) is 3.13. The summed E-state index contributed by atoms with van der Waals surface area (Å²) in [5, 5.41) is 3.44. The smallest absolute Gasteiger partial charge is 0.255 e. The van der Waals surface area contributed by atoms with Crippen molar-refractivity contribution in [1.29, 1.82) is 0 Å². The van der Waals surface area contributed by atoms with E-state index in [1.807, 2.05) is 6.92 Å². The maximum Gasteiger partial charge on any atom is 0.255 e. The Kier molecular flexibility index (Phi) is 4.24. The predicted molar refractivity (Wildman–Crippen MR) is 111 cm³/mol. The number of anilines is 2. The van der Waals surface area contributed by atoms with Crippen LogP contribution in [-0.2, 0) is 9.59 Å². The molecule has 3 fully saturated rings. The fourth-order valence-electron chi connectivity index (χ4n) is 5.36. The normalized spacial score (nSPS) is 27.4. The highest BCUT2D eigenvalue weighted by Crippen LogP contribution is 2.56. The number of carbonyl (C=O) groups is 3. The van der Waals surface area contributed by atoms with Gasteiger partial charge < -0.3 is 5.32 Å². The van der Waals surface area contributed by atoms with Crippen molar-refractivity contribution in [2.24, 2.45) is 23.7 Å². The van der Waals surface area contributed by atoms with E-state index in [0.29, 0.717) is 33.8 Å². The second-order valence-electron chi connectivity index (χ2n) is 8.31. The number of benzene rings is 2. The number of amides is 3. The lowest BCUT2D eigenvalue weighted by atomic mass is 9.81. The molecule has 2 aromatic rings. The monoisotopic (exact) mass is 408 g/mol. The van der Waals surface area contributed by atoms with Gasteiger partial charge in [-0.25, -0.2) is 0 Å². The van der Waals surface area contributed by atoms with Gasteiger partial charge in [0, 0.05) is 16.3 Å². The van der Waals surface area contributed by atoms with Crippen LogP contribution in [0.3, 0.4) is 0 Å². The maximum absolute atomic E-state index is 12.9. The fourth-order valence-corrected chi connectivity index (χ4v) is 5.54. The van der Waals surface area contributed by atoms with Crippen LogP contribution in [0.1, 0.15) is 35.2 Å². The maximum atomic E-state index is 12.9. The number of hydrogen-bond acceptors (Lipinski definition) is 3. The highest BCUT2D eigenvalue weighted by atomic mass is 35.5. The van der Waals surface area contributed by atoms with Crippen LogP contribution in [0.15, 0.2) is 42.5 Å². The van der Waals surface area contributed by atoms with E-state index in [0.717, 1.165) is 24.8 Å². The number of carbonyl (C=O) groups excluding carboxylic acids is 3. The van der Waals surface area contributed by atoms with E-state index < -0.39 is 0 Å². The molecule has 5 rings (SSSR count). The third-order valence-electron chi connectivity index (χ3n) is 6.83. The molecule has 29 heavy (non-hydrogen) atoms. The van der Waals surface area contributed by atoms with Gasteiger partial charge in [-0.15, -0.1) is 0 Å². The average Bonchev–Trinajstić information content (AvgIpc) is 3.39. The highest BCUT2D eigenvalue weighted by molar-refractivity contribution is 6.31. The first-order chi connectivity index (χ1) is 14.0. The molecule has 0 spiro atoms. The summed E-state index contributed by atoms with van der Waals surface area (Å²) in [6.45, 7) is 1.84. The Balaban J connectivity index is 1.35.